The van der Waals surface area contributed by atoms with Crippen LogP contribution in [0.15, 0.2) is 11.8 Å². The van der Waals surface area contributed by atoms with E-state index in [0.29, 0.717) is 6.04 Å². The minimum absolute atomic E-state index is 0.0605. The zero-order valence-electron chi connectivity index (χ0n) is 9.81. The molecule has 0 spiro atoms. The van der Waals surface area contributed by atoms with Crippen LogP contribution in [0.4, 0.5) is 4.79 Å². The van der Waals surface area contributed by atoms with Gasteiger partial charge >= 0.3 is 6.03 Å². The van der Waals surface area contributed by atoms with Crippen molar-refractivity contribution in [2.75, 3.05) is 0 Å². The van der Waals surface area contributed by atoms with Gasteiger partial charge in [0.2, 0.25) is 0 Å². The Morgan fingerprint density at radius 1 is 1.33 bits per heavy atom. The molecule has 2 amide bonds. The molecule has 0 aromatic heterocycles. The van der Waals surface area contributed by atoms with Gasteiger partial charge in [-0.1, -0.05) is 31.8 Å². The van der Waals surface area contributed by atoms with Crippen LogP contribution in [0.25, 0.3) is 0 Å². The zero-order valence-corrected chi connectivity index (χ0v) is 9.81. The van der Waals surface area contributed by atoms with E-state index in [1.807, 2.05) is 6.92 Å². The second-order valence-corrected chi connectivity index (χ2v) is 4.30. The average molecular weight is 210 g/mol. The Hall–Kier alpha value is -0.990. The van der Waals surface area contributed by atoms with E-state index in [-0.39, 0.29) is 6.03 Å². The highest BCUT2D eigenvalue weighted by Crippen LogP contribution is 2.17. The first-order valence-electron chi connectivity index (χ1n) is 5.95. The molecule has 86 valence electrons. The third kappa shape index (κ3) is 4.86. The van der Waals surface area contributed by atoms with Crippen LogP contribution in [0.5, 0.6) is 0 Å². The summed E-state index contributed by atoms with van der Waals surface area (Å²) in [4.78, 5) is 11.5. The predicted molar refractivity (Wildman–Crippen MR) is 62.6 cm³/mol. The van der Waals surface area contributed by atoms with Crippen LogP contribution in [0.2, 0.25) is 0 Å². The van der Waals surface area contributed by atoms with Crippen molar-refractivity contribution in [2.45, 2.75) is 58.4 Å². The first-order chi connectivity index (χ1) is 7.22. The molecule has 15 heavy (non-hydrogen) atoms. The predicted octanol–water partition coefficient (Wildman–Crippen LogP) is 2.93. The minimum atomic E-state index is -0.0605. The maximum absolute atomic E-state index is 11.5. The Bertz CT molecular complexity index is 230. The van der Waals surface area contributed by atoms with Crippen molar-refractivity contribution in [1.82, 2.24) is 10.6 Å². The van der Waals surface area contributed by atoms with Gasteiger partial charge in [0.15, 0.2) is 0 Å². The maximum atomic E-state index is 11.5. The third-order valence-electron chi connectivity index (χ3n) is 2.95. The van der Waals surface area contributed by atoms with E-state index in [0.717, 1.165) is 19.3 Å². The fourth-order valence-electron chi connectivity index (χ4n) is 1.76. The molecule has 0 saturated heterocycles. The van der Waals surface area contributed by atoms with E-state index in [9.17, 15) is 4.79 Å². The van der Waals surface area contributed by atoms with Crippen LogP contribution < -0.4 is 10.6 Å². The summed E-state index contributed by atoms with van der Waals surface area (Å²) >= 11 is 0. The Morgan fingerprint density at radius 2 is 2.00 bits per heavy atom. The number of hydrogen-bond donors (Lipinski definition) is 2. The first-order valence-corrected chi connectivity index (χ1v) is 5.95. The Labute approximate surface area is 92.3 Å². The number of allylic oxidation sites excluding steroid dienone is 1. The average Bonchev–Trinajstić information content (AvgIpc) is 2.27. The smallest absolute Gasteiger partial charge is 0.318 e. The van der Waals surface area contributed by atoms with Crippen molar-refractivity contribution in [3.8, 4) is 0 Å². The second kappa shape index (κ2) is 6.49. The molecule has 1 saturated carbocycles. The largest absolute Gasteiger partial charge is 0.335 e. The molecule has 0 aromatic rings. The SMILES string of the molecule is CC/C(C)=C/NC(=O)NC1CCCCC1. The van der Waals surface area contributed by atoms with E-state index in [2.05, 4.69) is 17.6 Å². The lowest BCUT2D eigenvalue weighted by atomic mass is 9.96. The van der Waals surface area contributed by atoms with Crippen LogP contribution >= 0.6 is 0 Å². The van der Waals surface area contributed by atoms with Gasteiger partial charge in [-0.3, -0.25) is 0 Å². The van der Waals surface area contributed by atoms with E-state index >= 15 is 0 Å². The molecule has 1 aliphatic carbocycles. The summed E-state index contributed by atoms with van der Waals surface area (Å²) < 4.78 is 0. The summed E-state index contributed by atoms with van der Waals surface area (Å²) in [6.45, 7) is 4.09. The molecule has 0 heterocycles. The first kappa shape index (κ1) is 12.1. The van der Waals surface area contributed by atoms with Gasteiger partial charge in [0.25, 0.3) is 0 Å². The summed E-state index contributed by atoms with van der Waals surface area (Å²) in [7, 11) is 0. The Kier molecular flexibility index (Phi) is 5.22. The van der Waals surface area contributed by atoms with Crippen molar-refractivity contribution < 1.29 is 4.79 Å². The molecule has 0 atom stereocenters. The van der Waals surface area contributed by atoms with Crippen molar-refractivity contribution in [3.05, 3.63) is 11.8 Å². The number of rotatable bonds is 3. The molecule has 3 nitrogen and oxygen atoms in total. The third-order valence-corrected chi connectivity index (χ3v) is 2.95. The summed E-state index contributed by atoms with van der Waals surface area (Å²) in [5.41, 5.74) is 1.19. The van der Waals surface area contributed by atoms with Crippen molar-refractivity contribution in [2.24, 2.45) is 0 Å². The molecule has 0 aliphatic heterocycles. The van der Waals surface area contributed by atoms with E-state index < -0.39 is 0 Å². The van der Waals surface area contributed by atoms with Gasteiger partial charge in [0.05, 0.1) is 0 Å². The van der Waals surface area contributed by atoms with Gasteiger partial charge < -0.3 is 10.6 Å². The monoisotopic (exact) mass is 210 g/mol. The number of urea groups is 1. The van der Waals surface area contributed by atoms with E-state index in [1.165, 1.54) is 24.8 Å². The molecular formula is C12H22N2O. The van der Waals surface area contributed by atoms with Crippen LogP contribution in [0.3, 0.4) is 0 Å². The lowest BCUT2D eigenvalue weighted by molar-refractivity contribution is 0.236. The van der Waals surface area contributed by atoms with Gasteiger partial charge in [-0.05, 0) is 26.2 Å². The lowest BCUT2D eigenvalue weighted by Crippen LogP contribution is -2.41. The Balaban J connectivity index is 2.22. The van der Waals surface area contributed by atoms with Gasteiger partial charge in [0, 0.05) is 12.2 Å². The van der Waals surface area contributed by atoms with Gasteiger partial charge in [0.1, 0.15) is 0 Å². The number of amides is 2. The number of carbonyl (C=O) groups excluding carboxylic acids is 1. The van der Waals surface area contributed by atoms with Crippen LogP contribution in [0.1, 0.15) is 52.4 Å². The van der Waals surface area contributed by atoms with Crippen LogP contribution in [-0.2, 0) is 0 Å². The standard InChI is InChI=1S/C12H22N2O/c1-3-10(2)9-13-12(15)14-11-7-5-4-6-8-11/h9,11H,3-8H2,1-2H3,(H2,13,14,15)/b10-9+. The topological polar surface area (TPSA) is 41.1 Å². The van der Waals surface area contributed by atoms with Gasteiger partial charge in [-0.2, -0.15) is 0 Å². The summed E-state index contributed by atoms with van der Waals surface area (Å²) in [6, 6.07) is 0.323. The molecule has 3 heteroatoms. The maximum Gasteiger partial charge on any atom is 0.318 e. The molecular weight excluding hydrogens is 188 g/mol. The normalized spacial score (nSPS) is 18.7. The molecule has 0 bridgehead atoms. The summed E-state index contributed by atoms with van der Waals surface area (Å²) in [5.74, 6) is 0. The molecule has 0 unspecified atom stereocenters. The molecule has 0 aromatic carbocycles. The van der Waals surface area contributed by atoms with Crippen molar-refractivity contribution in [3.63, 3.8) is 0 Å². The lowest BCUT2D eigenvalue weighted by Gasteiger charge is -2.22. The van der Waals surface area contributed by atoms with E-state index in [1.54, 1.807) is 6.20 Å². The fourth-order valence-corrected chi connectivity index (χ4v) is 1.76. The molecule has 2 N–H and O–H groups in total. The highest BCUT2D eigenvalue weighted by Gasteiger charge is 2.14. The van der Waals surface area contributed by atoms with Gasteiger partial charge in [-0.15, -0.1) is 0 Å². The summed E-state index contributed by atoms with van der Waals surface area (Å²) in [5, 5.41) is 5.77. The van der Waals surface area contributed by atoms with Gasteiger partial charge in [-0.25, -0.2) is 4.79 Å². The number of carbonyl (C=O) groups is 1. The molecule has 1 rings (SSSR count). The molecule has 0 radical (unpaired) electrons. The Morgan fingerprint density at radius 3 is 2.60 bits per heavy atom. The van der Waals surface area contributed by atoms with Crippen LogP contribution in [0, 0.1) is 0 Å². The number of hydrogen-bond acceptors (Lipinski definition) is 1. The van der Waals surface area contributed by atoms with Crippen molar-refractivity contribution in [1.29, 1.82) is 0 Å². The van der Waals surface area contributed by atoms with Crippen LogP contribution in [-0.4, -0.2) is 12.1 Å². The fraction of sp³-hybridized carbons (Fsp3) is 0.750. The van der Waals surface area contributed by atoms with E-state index in [4.69, 9.17) is 0 Å². The second-order valence-electron chi connectivity index (χ2n) is 4.30. The highest BCUT2D eigenvalue weighted by molar-refractivity contribution is 5.75. The molecule has 1 fully saturated rings. The summed E-state index contributed by atoms with van der Waals surface area (Å²) in [6.07, 6.45) is 8.83. The highest BCUT2D eigenvalue weighted by atomic mass is 16.2. The number of nitrogens with one attached hydrogen (secondary N) is 2. The zero-order chi connectivity index (χ0) is 11.1. The minimum Gasteiger partial charge on any atom is -0.335 e. The van der Waals surface area contributed by atoms with Crippen molar-refractivity contribution >= 4 is 6.03 Å². The quantitative estimate of drug-likeness (QED) is 0.738. The molecule has 1 aliphatic rings.